The number of hydrogen-bond acceptors (Lipinski definition) is 4. The van der Waals surface area contributed by atoms with E-state index in [2.05, 4.69) is 9.97 Å². The Bertz CT molecular complexity index is 610. The van der Waals surface area contributed by atoms with Gasteiger partial charge in [-0.25, -0.2) is 9.97 Å². The number of thiazole rings is 1. The Labute approximate surface area is 90.0 Å². The predicted octanol–water partition coefficient (Wildman–Crippen LogP) is 2.04. The second kappa shape index (κ2) is 3.06. The van der Waals surface area contributed by atoms with Crippen molar-refractivity contribution in [2.75, 3.05) is 5.73 Å². The molecule has 2 N–H and O–H groups in total. The first-order valence-electron chi connectivity index (χ1n) is 4.48. The molecule has 0 saturated carbocycles. The van der Waals surface area contributed by atoms with Crippen molar-refractivity contribution in [3.05, 3.63) is 36.8 Å². The van der Waals surface area contributed by atoms with Crippen molar-refractivity contribution >= 4 is 22.1 Å². The van der Waals surface area contributed by atoms with Gasteiger partial charge < -0.3 is 5.73 Å². The molecule has 0 aliphatic carbocycles. The fourth-order valence-electron chi connectivity index (χ4n) is 1.52. The molecule has 74 valence electrons. The van der Waals surface area contributed by atoms with E-state index in [0.717, 1.165) is 16.2 Å². The van der Waals surface area contributed by atoms with Crippen molar-refractivity contribution < 1.29 is 0 Å². The van der Waals surface area contributed by atoms with Crippen molar-refractivity contribution in [2.24, 2.45) is 0 Å². The molecule has 0 fully saturated rings. The lowest BCUT2D eigenvalue weighted by atomic mass is 10.4. The van der Waals surface area contributed by atoms with Gasteiger partial charge in [0.15, 0.2) is 5.13 Å². The molecule has 0 aliphatic rings. The highest BCUT2D eigenvalue weighted by atomic mass is 32.1. The minimum atomic E-state index is 0.580. The smallest absolute Gasteiger partial charge is 0.180 e. The lowest BCUT2D eigenvalue weighted by molar-refractivity contribution is 1.19. The quantitative estimate of drug-likeness (QED) is 0.677. The van der Waals surface area contributed by atoms with Crippen LogP contribution in [0, 0.1) is 0 Å². The molecule has 0 atom stereocenters. The number of pyridine rings is 1. The van der Waals surface area contributed by atoms with Crippen LogP contribution in [0.25, 0.3) is 16.2 Å². The summed E-state index contributed by atoms with van der Waals surface area (Å²) < 4.78 is 2.02. The van der Waals surface area contributed by atoms with E-state index in [-0.39, 0.29) is 0 Å². The number of hydrogen-bond donors (Lipinski definition) is 1. The zero-order valence-electron chi connectivity index (χ0n) is 7.79. The Balaban J connectivity index is 2.27. The first kappa shape index (κ1) is 8.43. The van der Waals surface area contributed by atoms with E-state index in [9.17, 15) is 0 Å². The largest absolute Gasteiger partial charge is 0.375 e. The average Bonchev–Trinajstić information content (AvgIpc) is 2.83. The molecule has 0 saturated heterocycles. The zero-order valence-corrected chi connectivity index (χ0v) is 8.61. The fourth-order valence-corrected chi connectivity index (χ4v) is 2.21. The summed E-state index contributed by atoms with van der Waals surface area (Å²) >= 11 is 1.47. The summed E-state index contributed by atoms with van der Waals surface area (Å²) in [6.45, 7) is 0. The number of aromatic nitrogens is 3. The summed E-state index contributed by atoms with van der Waals surface area (Å²) in [5, 5.41) is 0.580. The van der Waals surface area contributed by atoms with Crippen LogP contribution in [0.15, 0.2) is 36.8 Å². The van der Waals surface area contributed by atoms with E-state index in [0.29, 0.717) is 5.13 Å². The Morgan fingerprint density at radius 3 is 2.93 bits per heavy atom. The number of nitrogen functional groups attached to an aromatic ring is 1. The van der Waals surface area contributed by atoms with Gasteiger partial charge in [-0.05, 0) is 12.1 Å². The zero-order chi connectivity index (χ0) is 10.3. The number of anilines is 1. The minimum absolute atomic E-state index is 0.580. The van der Waals surface area contributed by atoms with Crippen LogP contribution in [-0.2, 0) is 0 Å². The molecule has 0 aliphatic heterocycles. The number of nitrogens with zero attached hydrogens (tertiary/aromatic N) is 3. The normalized spacial score (nSPS) is 10.9. The van der Waals surface area contributed by atoms with Gasteiger partial charge in [0.05, 0.1) is 16.8 Å². The van der Waals surface area contributed by atoms with Gasteiger partial charge >= 0.3 is 0 Å². The van der Waals surface area contributed by atoms with E-state index in [1.165, 1.54) is 11.3 Å². The molecule has 0 unspecified atom stereocenters. The van der Waals surface area contributed by atoms with Gasteiger partial charge in [-0.2, -0.15) is 0 Å². The lowest BCUT2D eigenvalue weighted by Gasteiger charge is -1.96. The van der Waals surface area contributed by atoms with Crippen molar-refractivity contribution in [1.82, 2.24) is 14.4 Å². The Kier molecular flexibility index (Phi) is 1.72. The van der Waals surface area contributed by atoms with Gasteiger partial charge in [0.2, 0.25) is 0 Å². The topological polar surface area (TPSA) is 56.2 Å². The van der Waals surface area contributed by atoms with Gasteiger partial charge in [-0.3, -0.25) is 4.40 Å². The molecule has 15 heavy (non-hydrogen) atoms. The van der Waals surface area contributed by atoms with Crippen LogP contribution in [0.3, 0.4) is 0 Å². The molecular formula is C10H8N4S. The highest BCUT2D eigenvalue weighted by Crippen LogP contribution is 2.27. The molecule has 0 bridgehead atoms. The molecule has 3 aromatic heterocycles. The first-order valence-corrected chi connectivity index (χ1v) is 5.30. The minimum Gasteiger partial charge on any atom is -0.375 e. The number of rotatable bonds is 1. The molecule has 4 nitrogen and oxygen atoms in total. The lowest BCUT2D eigenvalue weighted by Crippen LogP contribution is -1.84. The second-order valence-electron chi connectivity index (χ2n) is 3.14. The van der Waals surface area contributed by atoms with Crippen LogP contribution in [0.2, 0.25) is 0 Å². The summed E-state index contributed by atoms with van der Waals surface area (Å²) in [4.78, 5) is 9.37. The maximum atomic E-state index is 5.61. The Morgan fingerprint density at radius 1 is 1.20 bits per heavy atom. The predicted molar refractivity (Wildman–Crippen MR) is 60.7 cm³/mol. The highest BCUT2D eigenvalue weighted by molar-refractivity contribution is 7.18. The molecule has 0 radical (unpaired) electrons. The third-order valence-electron chi connectivity index (χ3n) is 2.19. The maximum absolute atomic E-state index is 5.61. The van der Waals surface area contributed by atoms with E-state index in [4.69, 9.17) is 5.73 Å². The van der Waals surface area contributed by atoms with Crippen LogP contribution in [0.4, 0.5) is 5.13 Å². The molecular weight excluding hydrogens is 208 g/mol. The summed E-state index contributed by atoms with van der Waals surface area (Å²) in [5.41, 5.74) is 7.56. The molecule has 0 amide bonds. The maximum Gasteiger partial charge on any atom is 0.180 e. The number of imidazole rings is 1. The molecule has 3 heterocycles. The van der Waals surface area contributed by atoms with Gasteiger partial charge in [-0.1, -0.05) is 17.4 Å². The summed E-state index contributed by atoms with van der Waals surface area (Å²) in [5.74, 6) is 0. The average molecular weight is 216 g/mol. The van der Waals surface area contributed by atoms with E-state index >= 15 is 0 Å². The standard InChI is InChI=1S/C10H8N4S/c11-10-13-6-8(15-10)7-5-12-9-3-1-2-4-14(7)9/h1-6H,(H2,11,13). The Morgan fingerprint density at radius 2 is 2.13 bits per heavy atom. The molecule has 0 spiro atoms. The van der Waals surface area contributed by atoms with Crippen molar-refractivity contribution in [3.63, 3.8) is 0 Å². The monoisotopic (exact) mass is 216 g/mol. The van der Waals surface area contributed by atoms with Gasteiger partial charge in [0.25, 0.3) is 0 Å². The summed E-state index contributed by atoms with van der Waals surface area (Å²) in [7, 11) is 0. The second-order valence-corrected chi connectivity index (χ2v) is 4.20. The summed E-state index contributed by atoms with van der Waals surface area (Å²) in [6.07, 6.45) is 5.59. The molecule has 3 aromatic rings. The fraction of sp³-hybridized carbons (Fsp3) is 0. The van der Waals surface area contributed by atoms with Crippen molar-refractivity contribution in [3.8, 4) is 10.6 Å². The van der Waals surface area contributed by atoms with Crippen LogP contribution in [-0.4, -0.2) is 14.4 Å². The molecule has 5 heteroatoms. The van der Waals surface area contributed by atoms with Gasteiger partial charge in [0, 0.05) is 12.4 Å². The molecule has 3 rings (SSSR count). The van der Waals surface area contributed by atoms with E-state index in [1.807, 2.05) is 35.0 Å². The number of nitrogens with two attached hydrogens (primary N) is 1. The van der Waals surface area contributed by atoms with Crippen molar-refractivity contribution in [2.45, 2.75) is 0 Å². The molecule has 0 aromatic carbocycles. The highest BCUT2D eigenvalue weighted by Gasteiger charge is 2.07. The third-order valence-corrected chi connectivity index (χ3v) is 3.04. The van der Waals surface area contributed by atoms with Crippen LogP contribution < -0.4 is 5.73 Å². The Hall–Kier alpha value is -1.88. The van der Waals surface area contributed by atoms with E-state index in [1.54, 1.807) is 6.20 Å². The van der Waals surface area contributed by atoms with Gasteiger partial charge in [0.1, 0.15) is 5.65 Å². The van der Waals surface area contributed by atoms with Crippen LogP contribution >= 0.6 is 11.3 Å². The van der Waals surface area contributed by atoms with Gasteiger partial charge in [-0.15, -0.1) is 0 Å². The van der Waals surface area contributed by atoms with E-state index < -0.39 is 0 Å². The first-order chi connectivity index (χ1) is 7.34. The third kappa shape index (κ3) is 1.28. The number of fused-ring (bicyclic) bond motifs is 1. The van der Waals surface area contributed by atoms with Crippen molar-refractivity contribution in [1.29, 1.82) is 0 Å². The summed E-state index contributed by atoms with van der Waals surface area (Å²) in [6, 6.07) is 5.91. The van der Waals surface area contributed by atoms with Crippen LogP contribution in [0.1, 0.15) is 0 Å². The SMILES string of the molecule is Nc1ncc(-c2cnc3ccccn23)s1. The van der Waals surface area contributed by atoms with Crippen LogP contribution in [0.5, 0.6) is 0 Å².